The Hall–Kier alpha value is -0.420. The largest absolute Gasteiger partial charge is 0.385 e. The van der Waals surface area contributed by atoms with Crippen LogP contribution in [0.1, 0.15) is 35.7 Å². The molecule has 1 aromatic heterocycles. The smallest absolute Gasteiger partial charge is 0.0591 e. The third-order valence-electron chi connectivity index (χ3n) is 3.33. The van der Waals surface area contributed by atoms with Gasteiger partial charge >= 0.3 is 0 Å². The average molecular weight is 269 g/mol. The average Bonchev–Trinajstić information content (AvgIpc) is 2.86. The zero-order valence-corrected chi connectivity index (χ0v) is 11.9. The predicted octanol–water partition coefficient (Wildman–Crippen LogP) is 2.77. The summed E-state index contributed by atoms with van der Waals surface area (Å²) in [6.07, 6.45) is 4.81. The van der Waals surface area contributed by atoms with Crippen LogP contribution in [0.4, 0.5) is 0 Å². The van der Waals surface area contributed by atoms with Gasteiger partial charge in [-0.25, -0.2) is 0 Å². The Bertz CT molecular complexity index is 340. The van der Waals surface area contributed by atoms with E-state index < -0.39 is 0 Å². The van der Waals surface area contributed by atoms with E-state index in [0.717, 1.165) is 32.8 Å². The van der Waals surface area contributed by atoms with Crippen molar-refractivity contribution in [3.05, 3.63) is 21.9 Å². The maximum atomic E-state index is 5.56. The van der Waals surface area contributed by atoms with Crippen LogP contribution in [0.25, 0.3) is 0 Å². The quantitative estimate of drug-likeness (QED) is 0.736. The van der Waals surface area contributed by atoms with Crippen LogP contribution in [0, 0.1) is 0 Å². The molecule has 1 atom stereocenters. The van der Waals surface area contributed by atoms with E-state index in [4.69, 9.17) is 9.47 Å². The zero-order chi connectivity index (χ0) is 12.6. The number of hydrogen-bond acceptors (Lipinski definition) is 4. The number of hydrogen-bond donors (Lipinski definition) is 1. The molecule has 1 aromatic rings. The Balaban J connectivity index is 1.60. The summed E-state index contributed by atoms with van der Waals surface area (Å²) in [5, 5.41) is 5.82. The van der Waals surface area contributed by atoms with Crippen molar-refractivity contribution in [1.29, 1.82) is 0 Å². The van der Waals surface area contributed by atoms with Crippen molar-refractivity contribution in [2.24, 2.45) is 0 Å². The standard InChI is InChI=1S/C14H23NO2S/c1-16-8-3-9-17-10-7-15-13-4-2-5-14-12(13)6-11-18-14/h6,11,13,15H,2-5,7-10H2,1H3. The van der Waals surface area contributed by atoms with Gasteiger partial charge in [-0.05, 0) is 42.7 Å². The first-order valence-corrected chi connectivity index (χ1v) is 7.66. The molecule has 0 spiro atoms. The molecule has 1 aliphatic rings. The van der Waals surface area contributed by atoms with Crippen molar-refractivity contribution in [2.75, 3.05) is 33.5 Å². The van der Waals surface area contributed by atoms with Crippen LogP contribution in [0.2, 0.25) is 0 Å². The number of ether oxygens (including phenoxy) is 2. The maximum Gasteiger partial charge on any atom is 0.0591 e. The van der Waals surface area contributed by atoms with Crippen molar-refractivity contribution in [3.8, 4) is 0 Å². The fraction of sp³-hybridized carbons (Fsp3) is 0.714. The van der Waals surface area contributed by atoms with Gasteiger partial charge in [0, 0.05) is 37.8 Å². The Morgan fingerprint density at radius 2 is 2.33 bits per heavy atom. The topological polar surface area (TPSA) is 30.5 Å². The molecule has 1 unspecified atom stereocenters. The van der Waals surface area contributed by atoms with Crippen LogP contribution < -0.4 is 5.32 Å². The first-order chi connectivity index (χ1) is 8.92. The zero-order valence-electron chi connectivity index (χ0n) is 11.1. The second kappa shape index (κ2) is 7.89. The summed E-state index contributed by atoms with van der Waals surface area (Å²) < 4.78 is 10.5. The van der Waals surface area contributed by atoms with Gasteiger partial charge in [0.15, 0.2) is 0 Å². The highest BCUT2D eigenvalue weighted by molar-refractivity contribution is 7.10. The van der Waals surface area contributed by atoms with Crippen LogP contribution in [0.15, 0.2) is 11.4 Å². The molecule has 0 radical (unpaired) electrons. The summed E-state index contributed by atoms with van der Waals surface area (Å²) in [6, 6.07) is 2.82. The number of methoxy groups -OCH3 is 1. The van der Waals surface area contributed by atoms with E-state index in [-0.39, 0.29) is 0 Å². The summed E-state index contributed by atoms with van der Waals surface area (Å²) in [4.78, 5) is 1.57. The number of aryl methyl sites for hydroxylation is 1. The number of fused-ring (bicyclic) bond motifs is 1. The lowest BCUT2D eigenvalue weighted by molar-refractivity contribution is 0.103. The van der Waals surface area contributed by atoms with Crippen LogP contribution in [-0.2, 0) is 15.9 Å². The molecule has 0 bridgehead atoms. The molecule has 3 nitrogen and oxygen atoms in total. The van der Waals surface area contributed by atoms with Crippen molar-refractivity contribution in [2.45, 2.75) is 31.7 Å². The molecule has 0 saturated heterocycles. The van der Waals surface area contributed by atoms with Crippen molar-refractivity contribution >= 4 is 11.3 Å². The van der Waals surface area contributed by atoms with E-state index in [1.165, 1.54) is 24.8 Å². The van der Waals surface area contributed by atoms with Gasteiger partial charge in [0.25, 0.3) is 0 Å². The highest BCUT2D eigenvalue weighted by Gasteiger charge is 2.20. The Kier molecular flexibility index (Phi) is 6.14. The number of rotatable bonds is 8. The summed E-state index contributed by atoms with van der Waals surface area (Å²) in [7, 11) is 1.73. The third kappa shape index (κ3) is 4.05. The van der Waals surface area contributed by atoms with Gasteiger partial charge in [-0.3, -0.25) is 0 Å². The van der Waals surface area contributed by atoms with Gasteiger partial charge in [0.2, 0.25) is 0 Å². The minimum Gasteiger partial charge on any atom is -0.385 e. The molecule has 1 aliphatic carbocycles. The first-order valence-electron chi connectivity index (χ1n) is 6.78. The van der Waals surface area contributed by atoms with Crippen LogP contribution in [0.3, 0.4) is 0 Å². The monoisotopic (exact) mass is 269 g/mol. The summed E-state index contributed by atoms with van der Waals surface area (Å²) in [5.41, 5.74) is 1.52. The van der Waals surface area contributed by atoms with Crippen molar-refractivity contribution < 1.29 is 9.47 Å². The number of thiophene rings is 1. The second-order valence-corrected chi connectivity index (χ2v) is 5.66. The normalized spacial score (nSPS) is 18.8. The van der Waals surface area contributed by atoms with Crippen LogP contribution >= 0.6 is 11.3 Å². The number of nitrogens with one attached hydrogen (secondary N) is 1. The maximum absolute atomic E-state index is 5.56. The molecule has 1 N–H and O–H groups in total. The lowest BCUT2D eigenvalue weighted by Gasteiger charge is -2.23. The molecular weight excluding hydrogens is 246 g/mol. The minimum atomic E-state index is 0.544. The minimum absolute atomic E-state index is 0.544. The molecule has 102 valence electrons. The fourth-order valence-electron chi connectivity index (χ4n) is 2.41. The molecule has 0 aromatic carbocycles. The van der Waals surface area contributed by atoms with E-state index in [2.05, 4.69) is 16.8 Å². The van der Waals surface area contributed by atoms with Crippen LogP contribution in [0.5, 0.6) is 0 Å². The molecule has 2 rings (SSSR count). The van der Waals surface area contributed by atoms with Gasteiger partial charge in [0.1, 0.15) is 0 Å². The fourth-order valence-corrected chi connectivity index (χ4v) is 3.40. The predicted molar refractivity (Wildman–Crippen MR) is 75.3 cm³/mol. The highest BCUT2D eigenvalue weighted by Crippen LogP contribution is 2.32. The molecule has 0 fully saturated rings. The Morgan fingerprint density at radius 1 is 1.39 bits per heavy atom. The van der Waals surface area contributed by atoms with Gasteiger partial charge < -0.3 is 14.8 Å². The Labute approximate surface area is 113 Å². The molecule has 1 heterocycles. The van der Waals surface area contributed by atoms with Gasteiger partial charge in [-0.1, -0.05) is 0 Å². The van der Waals surface area contributed by atoms with Crippen molar-refractivity contribution in [3.63, 3.8) is 0 Å². The molecule has 0 amide bonds. The van der Waals surface area contributed by atoms with Gasteiger partial charge in [0.05, 0.1) is 6.61 Å². The Morgan fingerprint density at radius 3 is 3.22 bits per heavy atom. The highest BCUT2D eigenvalue weighted by atomic mass is 32.1. The van der Waals surface area contributed by atoms with E-state index in [1.807, 2.05) is 11.3 Å². The lowest BCUT2D eigenvalue weighted by atomic mass is 9.94. The molecule has 18 heavy (non-hydrogen) atoms. The van der Waals surface area contributed by atoms with E-state index in [9.17, 15) is 0 Å². The molecule has 0 saturated carbocycles. The summed E-state index contributed by atoms with van der Waals surface area (Å²) >= 11 is 1.90. The van der Waals surface area contributed by atoms with Gasteiger partial charge in [-0.15, -0.1) is 11.3 Å². The SMILES string of the molecule is COCCCOCCNC1CCCc2sccc21. The van der Waals surface area contributed by atoms with Gasteiger partial charge in [-0.2, -0.15) is 0 Å². The second-order valence-electron chi connectivity index (χ2n) is 4.66. The van der Waals surface area contributed by atoms with Crippen molar-refractivity contribution in [1.82, 2.24) is 5.32 Å². The third-order valence-corrected chi connectivity index (χ3v) is 4.32. The van der Waals surface area contributed by atoms with E-state index in [0.29, 0.717) is 6.04 Å². The summed E-state index contributed by atoms with van der Waals surface area (Å²) in [5.74, 6) is 0. The van der Waals surface area contributed by atoms with Crippen LogP contribution in [-0.4, -0.2) is 33.5 Å². The van der Waals surface area contributed by atoms with E-state index >= 15 is 0 Å². The van der Waals surface area contributed by atoms with E-state index in [1.54, 1.807) is 12.0 Å². The molecule has 0 aliphatic heterocycles. The first kappa shape index (κ1) is 14.0. The molecular formula is C14H23NO2S. The lowest BCUT2D eigenvalue weighted by Crippen LogP contribution is -2.27. The summed E-state index contributed by atoms with van der Waals surface area (Å²) in [6.45, 7) is 3.31. The molecule has 4 heteroatoms.